The Labute approximate surface area is 85.3 Å². The summed E-state index contributed by atoms with van der Waals surface area (Å²) < 4.78 is 0. The van der Waals surface area contributed by atoms with Gasteiger partial charge in [-0.3, -0.25) is 0 Å². The second-order valence-corrected chi connectivity index (χ2v) is 5.58. The molecule has 0 aromatic heterocycles. The van der Waals surface area contributed by atoms with Crippen LogP contribution in [-0.4, -0.2) is 22.4 Å². The zero-order chi connectivity index (χ0) is 9.81. The van der Waals surface area contributed by atoms with Crippen molar-refractivity contribution in [3.8, 4) is 0 Å². The molecule has 1 spiro atoms. The van der Waals surface area contributed by atoms with E-state index in [2.05, 4.69) is 0 Å². The highest BCUT2D eigenvalue weighted by molar-refractivity contribution is 5.21. The molecule has 3 saturated carbocycles. The van der Waals surface area contributed by atoms with E-state index >= 15 is 0 Å². The monoisotopic (exact) mass is 196 g/mol. The summed E-state index contributed by atoms with van der Waals surface area (Å²) in [5.41, 5.74) is -0.245. The predicted octanol–water partition coefficient (Wildman–Crippen LogP) is 1.70. The van der Waals surface area contributed by atoms with E-state index in [9.17, 15) is 10.2 Å². The third-order valence-electron chi connectivity index (χ3n) is 5.44. The smallest absolute Gasteiger partial charge is 0.0759 e. The van der Waals surface area contributed by atoms with Crippen molar-refractivity contribution >= 4 is 0 Å². The molecule has 80 valence electrons. The van der Waals surface area contributed by atoms with Crippen molar-refractivity contribution in [2.24, 2.45) is 17.3 Å². The van der Waals surface area contributed by atoms with Crippen LogP contribution < -0.4 is 0 Å². The fourth-order valence-corrected chi connectivity index (χ4v) is 4.91. The lowest BCUT2D eigenvalue weighted by Crippen LogP contribution is -2.69. The lowest BCUT2D eigenvalue weighted by molar-refractivity contribution is -0.269. The molecule has 0 aromatic carbocycles. The van der Waals surface area contributed by atoms with Crippen LogP contribution in [0.5, 0.6) is 0 Å². The first-order valence-electron chi connectivity index (χ1n) is 6.08. The van der Waals surface area contributed by atoms with E-state index < -0.39 is 5.60 Å². The molecule has 3 aliphatic carbocycles. The van der Waals surface area contributed by atoms with E-state index in [0.717, 1.165) is 6.42 Å². The van der Waals surface area contributed by atoms with Gasteiger partial charge in [0.1, 0.15) is 0 Å². The van der Waals surface area contributed by atoms with Gasteiger partial charge in [-0.15, -0.1) is 0 Å². The molecule has 0 aliphatic heterocycles. The van der Waals surface area contributed by atoms with Crippen LogP contribution in [0.4, 0.5) is 0 Å². The number of hydrogen-bond acceptors (Lipinski definition) is 2. The van der Waals surface area contributed by atoms with E-state index in [4.69, 9.17) is 0 Å². The minimum atomic E-state index is -0.479. The molecule has 4 atom stereocenters. The van der Waals surface area contributed by atoms with Gasteiger partial charge in [-0.1, -0.05) is 12.8 Å². The maximum Gasteiger partial charge on any atom is 0.0759 e. The maximum absolute atomic E-state index is 10.6. The Morgan fingerprint density at radius 1 is 1.07 bits per heavy atom. The molecule has 3 aliphatic rings. The fourth-order valence-electron chi connectivity index (χ4n) is 4.91. The minimum absolute atomic E-state index is 0.197. The third kappa shape index (κ3) is 0.772. The molecule has 0 aromatic rings. The summed E-state index contributed by atoms with van der Waals surface area (Å²) in [6, 6.07) is 0. The van der Waals surface area contributed by atoms with Gasteiger partial charge >= 0.3 is 0 Å². The summed E-state index contributed by atoms with van der Waals surface area (Å²) in [6.07, 6.45) is 8.37. The Bertz CT molecular complexity index is 253. The Morgan fingerprint density at radius 3 is 2.64 bits per heavy atom. The SMILES string of the molecule is OCC1[C@@H]2CCCCC23CCC[C@@]13O. The average molecular weight is 196 g/mol. The van der Waals surface area contributed by atoms with Crippen LogP contribution in [0.1, 0.15) is 44.9 Å². The predicted molar refractivity (Wildman–Crippen MR) is 53.8 cm³/mol. The lowest BCUT2D eigenvalue weighted by Gasteiger charge is -2.66. The second-order valence-electron chi connectivity index (χ2n) is 5.58. The van der Waals surface area contributed by atoms with Gasteiger partial charge in [-0.2, -0.15) is 0 Å². The van der Waals surface area contributed by atoms with Crippen LogP contribution in [0.25, 0.3) is 0 Å². The molecule has 2 nitrogen and oxygen atoms in total. The van der Waals surface area contributed by atoms with Gasteiger partial charge < -0.3 is 10.2 Å². The van der Waals surface area contributed by atoms with Gasteiger partial charge in [0.15, 0.2) is 0 Å². The molecule has 0 heterocycles. The van der Waals surface area contributed by atoms with Crippen molar-refractivity contribution in [3.05, 3.63) is 0 Å². The van der Waals surface area contributed by atoms with Gasteiger partial charge in [-0.25, -0.2) is 0 Å². The van der Waals surface area contributed by atoms with Crippen molar-refractivity contribution in [1.29, 1.82) is 0 Å². The Kier molecular flexibility index (Phi) is 1.79. The minimum Gasteiger partial charge on any atom is -0.396 e. The molecule has 0 amide bonds. The molecule has 0 saturated heterocycles. The van der Waals surface area contributed by atoms with Crippen molar-refractivity contribution in [3.63, 3.8) is 0 Å². The van der Waals surface area contributed by atoms with E-state index in [1.54, 1.807) is 0 Å². The fraction of sp³-hybridized carbons (Fsp3) is 1.00. The molecule has 2 unspecified atom stereocenters. The molecule has 2 heteroatoms. The van der Waals surface area contributed by atoms with Gasteiger partial charge in [0.2, 0.25) is 0 Å². The number of hydrogen-bond donors (Lipinski definition) is 2. The van der Waals surface area contributed by atoms with Gasteiger partial charge in [0.05, 0.1) is 5.60 Å². The van der Waals surface area contributed by atoms with Gasteiger partial charge in [0, 0.05) is 17.9 Å². The summed E-state index contributed by atoms with van der Waals surface area (Å²) >= 11 is 0. The summed E-state index contributed by atoms with van der Waals surface area (Å²) in [5, 5.41) is 20.0. The molecule has 0 radical (unpaired) electrons. The standard InChI is InChI=1S/C12H20O2/c13-8-10-9-4-1-2-5-11(9)6-3-7-12(10,11)14/h9-10,13-14H,1-8H2/t9-,10?,11?,12+/m0/s1. The molecule has 3 rings (SSSR count). The molecular weight excluding hydrogens is 176 g/mol. The first-order valence-corrected chi connectivity index (χ1v) is 6.08. The summed E-state index contributed by atoms with van der Waals surface area (Å²) in [5.74, 6) is 0.832. The van der Waals surface area contributed by atoms with Crippen molar-refractivity contribution in [1.82, 2.24) is 0 Å². The van der Waals surface area contributed by atoms with Crippen LogP contribution in [-0.2, 0) is 0 Å². The summed E-state index contributed by atoms with van der Waals surface area (Å²) in [7, 11) is 0. The zero-order valence-electron chi connectivity index (χ0n) is 8.71. The highest BCUT2D eigenvalue weighted by Gasteiger charge is 2.72. The molecular formula is C12H20O2. The van der Waals surface area contributed by atoms with E-state index in [0.29, 0.717) is 5.92 Å². The Morgan fingerprint density at radius 2 is 1.86 bits per heavy atom. The first-order chi connectivity index (χ1) is 6.74. The topological polar surface area (TPSA) is 40.5 Å². The summed E-state index contributed by atoms with van der Waals surface area (Å²) in [4.78, 5) is 0. The zero-order valence-corrected chi connectivity index (χ0v) is 8.71. The van der Waals surface area contributed by atoms with E-state index in [1.807, 2.05) is 0 Å². The lowest BCUT2D eigenvalue weighted by atomic mass is 9.41. The first kappa shape index (κ1) is 9.17. The third-order valence-corrected chi connectivity index (χ3v) is 5.44. The highest BCUT2D eigenvalue weighted by atomic mass is 16.3. The molecule has 14 heavy (non-hydrogen) atoms. The summed E-state index contributed by atoms with van der Waals surface area (Å²) in [6.45, 7) is 0.197. The van der Waals surface area contributed by atoms with Crippen LogP contribution in [0.15, 0.2) is 0 Å². The van der Waals surface area contributed by atoms with Gasteiger partial charge in [-0.05, 0) is 38.0 Å². The number of aliphatic hydroxyl groups is 2. The van der Waals surface area contributed by atoms with Crippen LogP contribution in [0.2, 0.25) is 0 Å². The highest BCUT2D eigenvalue weighted by Crippen LogP contribution is 2.71. The number of aliphatic hydroxyl groups excluding tert-OH is 1. The van der Waals surface area contributed by atoms with Crippen molar-refractivity contribution in [2.45, 2.75) is 50.5 Å². The molecule has 0 bridgehead atoms. The van der Waals surface area contributed by atoms with Gasteiger partial charge in [0.25, 0.3) is 0 Å². The maximum atomic E-state index is 10.6. The Hall–Kier alpha value is -0.0800. The van der Waals surface area contributed by atoms with Crippen LogP contribution >= 0.6 is 0 Å². The molecule has 2 N–H and O–H groups in total. The average Bonchev–Trinajstić information content (AvgIpc) is 2.45. The van der Waals surface area contributed by atoms with Crippen LogP contribution in [0.3, 0.4) is 0 Å². The van der Waals surface area contributed by atoms with E-state index in [1.165, 1.54) is 38.5 Å². The van der Waals surface area contributed by atoms with E-state index in [-0.39, 0.29) is 17.9 Å². The van der Waals surface area contributed by atoms with Crippen LogP contribution in [0, 0.1) is 17.3 Å². The number of rotatable bonds is 1. The Balaban J connectivity index is 1.95. The normalized spacial score (nSPS) is 56.1. The second kappa shape index (κ2) is 2.73. The van der Waals surface area contributed by atoms with Crippen molar-refractivity contribution in [2.75, 3.05) is 6.61 Å². The van der Waals surface area contributed by atoms with Crippen molar-refractivity contribution < 1.29 is 10.2 Å². The molecule has 3 fully saturated rings. The largest absolute Gasteiger partial charge is 0.396 e. The quantitative estimate of drug-likeness (QED) is 0.670.